The van der Waals surface area contributed by atoms with Crippen LogP contribution < -0.4 is 15.4 Å². The van der Waals surface area contributed by atoms with Crippen molar-refractivity contribution in [2.24, 2.45) is 0 Å². The van der Waals surface area contributed by atoms with Crippen LogP contribution in [-0.4, -0.2) is 30.4 Å². The van der Waals surface area contributed by atoms with Gasteiger partial charge in [0.2, 0.25) is 0 Å². The number of amides is 2. The molecule has 0 bridgehead atoms. The molecule has 5 nitrogen and oxygen atoms in total. The highest BCUT2D eigenvalue weighted by Crippen LogP contribution is 2.40. The number of benzene rings is 2. The van der Waals surface area contributed by atoms with Crippen LogP contribution in [0.25, 0.3) is 0 Å². The molecule has 0 heterocycles. The Hall–Kier alpha value is -2.60. The lowest BCUT2D eigenvalue weighted by atomic mass is 10.1. The Kier molecular flexibility index (Phi) is 5.50. The van der Waals surface area contributed by atoms with Gasteiger partial charge in [0.1, 0.15) is 18.2 Å². The molecule has 2 atom stereocenters. The number of nitrogens with one attached hydrogen (secondary N) is 2. The Labute approximate surface area is 145 Å². The molecule has 1 aliphatic rings. The summed E-state index contributed by atoms with van der Waals surface area (Å²) in [5.41, 5.74) is 1.75. The van der Waals surface area contributed by atoms with Crippen LogP contribution in [0.1, 0.15) is 23.5 Å². The van der Waals surface area contributed by atoms with Gasteiger partial charge in [0.15, 0.2) is 0 Å². The largest absolute Gasteiger partial charge is 0.491 e. The standard InChI is InChI=1S/C19H21FN2O3/c20-15-6-3-5-13(10-15)16-11-17(16)22-19(24)21-12-14-4-1-2-7-18(14)25-9-8-23/h1-7,10,16-17,23H,8-9,11-12H2,(H2,21,22,24)/t16-,17+/m1/s1. The van der Waals surface area contributed by atoms with Gasteiger partial charge in [0.05, 0.1) is 6.61 Å². The predicted octanol–water partition coefficient (Wildman–Crippen LogP) is 2.55. The molecule has 3 rings (SSSR count). The smallest absolute Gasteiger partial charge is 0.315 e. The van der Waals surface area contributed by atoms with E-state index in [4.69, 9.17) is 9.84 Å². The lowest BCUT2D eigenvalue weighted by molar-refractivity contribution is 0.200. The van der Waals surface area contributed by atoms with Crippen molar-refractivity contribution in [1.29, 1.82) is 0 Å². The second-order valence-corrected chi connectivity index (χ2v) is 6.01. The van der Waals surface area contributed by atoms with E-state index >= 15 is 0 Å². The topological polar surface area (TPSA) is 70.6 Å². The van der Waals surface area contributed by atoms with E-state index in [1.54, 1.807) is 12.1 Å². The molecular weight excluding hydrogens is 323 g/mol. The van der Waals surface area contributed by atoms with Crippen molar-refractivity contribution in [3.8, 4) is 5.75 Å². The number of rotatable bonds is 7. The molecule has 0 aromatic heterocycles. The zero-order valence-electron chi connectivity index (χ0n) is 13.7. The van der Waals surface area contributed by atoms with Crippen LogP contribution in [0, 0.1) is 5.82 Å². The number of ether oxygens (including phenoxy) is 1. The van der Waals surface area contributed by atoms with Gasteiger partial charge in [-0.2, -0.15) is 0 Å². The third kappa shape index (κ3) is 4.70. The minimum atomic E-state index is -0.263. The normalized spacial score (nSPS) is 18.5. The number of aliphatic hydroxyl groups is 1. The van der Waals surface area contributed by atoms with Crippen molar-refractivity contribution < 1.29 is 19.0 Å². The molecule has 1 aliphatic carbocycles. The average Bonchev–Trinajstić information content (AvgIpc) is 3.38. The number of carbonyl (C=O) groups excluding carboxylic acids is 1. The summed E-state index contributed by atoms with van der Waals surface area (Å²) < 4.78 is 18.7. The molecule has 0 unspecified atom stereocenters. The van der Waals surface area contributed by atoms with Crippen molar-refractivity contribution >= 4 is 6.03 Å². The summed E-state index contributed by atoms with van der Waals surface area (Å²) in [6.07, 6.45) is 0.813. The fraction of sp³-hybridized carbons (Fsp3) is 0.316. The van der Waals surface area contributed by atoms with Crippen LogP contribution in [0.2, 0.25) is 0 Å². The van der Waals surface area contributed by atoms with Crippen LogP contribution >= 0.6 is 0 Å². The Morgan fingerprint density at radius 1 is 1.24 bits per heavy atom. The van der Waals surface area contributed by atoms with Crippen molar-refractivity contribution in [1.82, 2.24) is 10.6 Å². The Morgan fingerprint density at radius 2 is 2.08 bits per heavy atom. The first-order chi connectivity index (χ1) is 12.2. The third-order valence-electron chi connectivity index (χ3n) is 4.14. The number of aliphatic hydroxyl groups excluding tert-OH is 1. The first-order valence-corrected chi connectivity index (χ1v) is 8.29. The number of para-hydroxylation sites is 1. The summed E-state index contributed by atoms with van der Waals surface area (Å²) in [6.45, 7) is 0.469. The van der Waals surface area contributed by atoms with Crippen molar-refractivity contribution in [3.63, 3.8) is 0 Å². The fourth-order valence-corrected chi connectivity index (χ4v) is 2.80. The highest BCUT2D eigenvalue weighted by atomic mass is 19.1. The Morgan fingerprint density at radius 3 is 2.88 bits per heavy atom. The summed E-state index contributed by atoms with van der Waals surface area (Å²) >= 11 is 0. The predicted molar refractivity (Wildman–Crippen MR) is 91.9 cm³/mol. The first kappa shape index (κ1) is 17.2. The second-order valence-electron chi connectivity index (χ2n) is 6.01. The molecule has 2 amide bonds. The van der Waals surface area contributed by atoms with Gasteiger partial charge in [-0.15, -0.1) is 0 Å². The fourth-order valence-electron chi connectivity index (χ4n) is 2.80. The monoisotopic (exact) mass is 344 g/mol. The van der Waals surface area contributed by atoms with E-state index in [1.165, 1.54) is 12.1 Å². The van der Waals surface area contributed by atoms with Gasteiger partial charge < -0.3 is 20.5 Å². The number of halogens is 1. The maximum Gasteiger partial charge on any atom is 0.315 e. The Bertz CT molecular complexity index is 738. The van der Waals surface area contributed by atoms with E-state index in [2.05, 4.69) is 10.6 Å². The van der Waals surface area contributed by atoms with E-state index in [0.29, 0.717) is 12.3 Å². The summed E-state index contributed by atoms with van der Waals surface area (Å²) in [7, 11) is 0. The number of hydrogen-bond donors (Lipinski definition) is 3. The van der Waals surface area contributed by atoms with Gasteiger partial charge in [-0.3, -0.25) is 0 Å². The van der Waals surface area contributed by atoms with Gasteiger partial charge in [-0.25, -0.2) is 9.18 Å². The van der Waals surface area contributed by atoms with Gasteiger partial charge in [-0.05, 0) is 30.2 Å². The van der Waals surface area contributed by atoms with E-state index in [-0.39, 0.29) is 37.0 Å². The van der Waals surface area contributed by atoms with Gasteiger partial charge >= 0.3 is 6.03 Å². The van der Waals surface area contributed by atoms with E-state index in [1.807, 2.05) is 24.3 Å². The SMILES string of the molecule is O=C(NCc1ccccc1OCCO)N[C@H]1C[C@@H]1c1cccc(F)c1. The highest BCUT2D eigenvalue weighted by Gasteiger charge is 2.39. The molecule has 1 saturated carbocycles. The van der Waals surface area contributed by atoms with Crippen molar-refractivity contribution in [3.05, 3.63) is 65.5 Å². The van der Waals surface area contributed by atoms with Crippen LogP contribution in [-0.2, 0) is 6.54 Å². The Balaban J connectivity index is 1.48. The summed E-state index contributed by atoms with van der Waals surface area (Å²) in [6, 6.07) is 13.6. The van der Waals surface area contributed by atoms with Crippen molar-refractivity contribution in [2.45, 2.75) is 24.9 Å². The third-order valence-corrected chi connectivity index (χ3v) is 4.14. The van der Waals surface area contributed by atoms with E-state index in [9.17, 15) is 9.18 Å². The van der Waals surface area contributed by atoms with Crippen molar-refractivity contribution in [2.75, 3.05) is 13.2 Å². The summed E-state index contributed by atoms with van der Waals surface area (Å²) in [4.78, 5) is 12.1. The van der Waals surface area contributed by atoms with Crippen LogP contribution in [0.3, 0.4) is 0 Å². The lowest BCUT2D eigenvalue weighted by Crippen LogP contribution is -2.37. The minimum absolute atomic E-state index is 0.0303. The maximum atomic E-state index is 13.3. The number of carbonyl (C=O) groups is 1. The quantitative estimate of drug-likeness (QED) is 0.723. The lowest BCUT2D eigenvalue weighted by Gasteiger charge is -2.12. The molecule has 0 spiro atoms. The highest BCUT2D eigenvalue weighted by molar-refractivity contribution is 5.75. The first-order valence-electron chi connectivity index (χ1n) is 8.29. The summed E-state index contributed by atoms with van der Waals surface area (Å²) in [5.74, 6) is 0.551. The van der Waals surface area contributed by atoms with Gasteiger partial charge in [-0.1, -0.05) is 30.3 Å². The maximum absolute atomic E-state index is 13.3. The molecule has 0 radical (unpaired) electrons. The molecule has 6 heteroatoms. The van der Waals surface area contributed by atoms with Crippen LogP contribution in [0.15, 0.2) is 48.5 Å². The molecule has 2 aromatic rings. The molecule has 132 valence electrons. The zero-order valence-corrected chi connectivity index (χ0v) is 13.7. The van der Waals surface area contributed by atoms with E-state index < -0.39 is 0 Å². The summed E-state index contributed by atoms with van der Waals surface area (Å²) in [5, 5.41) is 14.6. The zero-order chi connectivity index (χ0) is 17.6. The van der Waals surface area contributed by atoms with Gasteiger partial charge in [0, 0.05) is 24.1 Å². The van der Waals surface area contributed by atoms with Crippen LogP contribution in [0.4, 0.5) is 9.18 Å². The molecule has 2 aromatic carbocycles. The van der Waals surface area contributed by atoms with E-state index in [0.717, 1.165) is 17.5 Å². The number of hydrogen-bond acceptors (Lipinski definition) is 3. The second kappa shape index (κ2) is 7.98. The molecule has 3 N–H and O–H groups in total. The molecule has 0 aliphatic heterocycles. The molecule has 1 fully saturated rings. The number of urea groups is 1. The van der Waals surface area contributed by atoms with Crippen LogP contribution in [0.5, 0.6) is 5.75 Å². The minimum Gasteiger partial charge on any atom is -0.491 e. The van der Waals surface area contributed by atoms with Gasteiger partial charge in [0.25, 0.3) is 0 Å². The molecular formula is C19H21FN2O3. The molecule has 0 saturated heterocycles. The average molecular weight is 344 g/mol. The molecule has 25 heavy (non-hydrogen) atoms.